The molecule has 0 radical (unpaired) electrons. The van der Waals surface area contributed by atoms with E-state index in [4.69, 9.17) is 5.73 Å². The molecule has 1 atom stereocenters. The number of amides is 1. The molecule has 0 aliphatic carbocycles. The number of nitrogens with one attached hydrogen (secondary N) is 1. The van der Waals surface area contributed by atoms with E-state index >= 15 is 0 Å². The van der Waals surface area contributed by atoms with E-state index in [1.54, 1.807) is 0 Å². The molecule has 0 aliphatic rings. The summed E-state index contributed by atoms with van der Waals surface area (Å²) in [7, 11) is 0. The van der Waals surface area contributed by atoms with Crippen molar-refractivity contribution in [2.45, 2.75) is 118 Å². The number of nitrogens with two attached hydrogens (primary N) is 1. The second-order valence-electron chi connectivity index (χ2n) is 8.69. The summed E-state index contributed by atoms with van der Waals surface area (Å²) in [6.45, 7) is 14.3. The van der Waals surface area contributed by atoms with Gasteiger partial charge in [0.2, 0.25) is 5.91 Å². The predicted molar refractivity (Wildman–Crippen MR) is 111 cm³/mol. The molecule has 0 saturated heterocycles. The number of unbranched alkanes of at least 4 members (excludes halogenated alkanes) is 3. The first kappa shape index (κ1) is 24.4. The molecule has 1 unspecified atom stereocenters. The van der Waals surface area contributed by atoms with E-state index < -0.39 is 5.54 Å². The lowest BCUT2D eigenvalue weighted by Crippen LogP contribution is -2.62. The van der Waals surface area contributed by atoms with Crippen LogP contribution in [0, 0.1) is 11.3 Å². The van der Waals surface area contributed by atoms with Crippen LogP contribution in [0.1, 0.15) is 112 Å². The van der Waals surface area contributed by atoms with Gasteiger partial charge in [0, 0.05) is 6.54 Å². The van der Waals surface area contributed by atoms with E-state index in [2.05, 4.69) is 46.9 Å². The molecule has 3 nitrogen and oxygen atoms in total. The molecule has 0 aromatic rings. The Morgan fingerprint density at radius 3 is 1.80 bits per heavy atom. The number of hydrogen-bond donors (Lipinski definition) is 2. The Kier molecular flexibility index (Phi) is 12.4. The summed E-state index contributed by atoms with van der Waals surface area (Å²) < 4.78 is 0. The number of primary amides is 1. The molecule has 0 aliphatic heterocycles. The quantitative estimate of drug-likeness (QED) is 0.367. The highest BCUT2D eigenvalue weighted by Crippen LogP contribution is 2.34. The van der Waals surface area contributed by atoms with Crippen LogP contribution in [0.2, 0.25) is 0 Å². The molecule has 0 aromatic carbocycles. The van der Waals surface area contributed by atoms with E-state index in [9.17, 15) is 4.79 Å². The van der Waals surface area contributed by atoms with Gasteiger partial charge >= 0.3 is 0 Å². The second kappa shape index (κ2) is 12.7. The molecular formula is C22H46N2O. The van der Waals surface area contributed by atoms with Crippen molar-refractivity contribution in [1.29, 1.82) is 0 Å². The zero-order chi connectivity index (χ0) is 19.3. The Labute approximate surface area is 157 Å². The molecule has 3 heteroatoms. The van der Waals surface area contributed by atoms with Gasteiger partial charge < -0.3 is 11.1 Å². The minimum absolute atomic E-state index is 0.134. The van der Waals surface area contributed by atoms with Crippen molar-refractivity contribution in [1.82, 2.24) is 5.32 Å². The third-order valence-electron chi connectivity index (χ3n) is 5.68. The maximum absolute atomic E-state index is 12.7. The monoisotopic (exact) mass is 354 g/mol. The molecule has 0 heterocycles. The van der Waals surface area contributed by atoms with Crippen LogP contribution >= 0.6 is 0 Å². The van der Waals surface area contributed by atoms with Crippen molar-refractivity contribution < 1.29 is 4.79 Å². The van der Waals surface area contributed by atoms with Crippen LogP contribution in [0.5, 0.6) is 0 Å². The highest BCUT2D eigenvalue weighted by Gasteiger charge is 2.43. The first-order valence-electron chi connectivity index (χ1n) is 10.8. The highest BCUT2D eigenvalue weighted by molar-refractivity contribution is 5.85. The third kappa shape index (κ3) is 8.57. The zero-order valence-corrected chi connectivity index (χ0v) is 18.0. The van der Waals surface area contributed by atoms with E-state index in [0.717, 1.165) is 45.1 Å². The van der Waals surface area contributed by atoms with E-state index in [-0.39, 0.29) is 11.3 Å². The summed E-state index contributed by atoms with van der Waals surface area (Å²) in [6.07, 6.45) is 12.3. The highest BCUT2D eigenvalue weighted by atomic mass is 16.1. The average molecular weight is 355 g/mol. The molecule has 0 aromatic heterocycles. The standard InChI is InChI=1S/C22H46N2O/c1-7-11-14-19(15-12-8-2)22(20(23)25,17-13-9-3)24-18-21(5,6)16-10-4/h19,24H,7-18H2,1-6H3,(H2,23,25). The molecule has 0 saturated carbocycles. The summed E-state index contributed by atoms with van der Waals surface area (Å²) in [4.78, 5) is 12.7. The van der Waals surface area contributed by atoms with E-state index in [0.29, 0.717) is 5.92 Å². The van der Waals surface area contributed by atoms with Crippen LogP contribution in [0.25, 0.3) is 0 Å². The van der Waals surface area contributed by atoms with Crippen molar-refractivity contribution in [3.05, 3.63) is 0 Å². The minimum atomic E-state index is -0.536. The average Bonchev–Trinajstić information content (AvgIpc) is 2.55. The van der Waals surface area contributed by atoms with Gasteiger partial charge in [0.15, 0.2) is 0 Å². The van der Waals surface area contributed by atoms with Gasteiger partial charge in [-0.2, -0.15) is 0 Å². The molecule has 150 valence electrons. The molecule has 0 bridgehead atoms. The van der Waals surface area contributed by atoms with Gasteiger partial charge in [-0.25, -0.2) is 0 Å². The third-order valence-corrected chi connectivity index (χ3v) is 5.68. The SMILES string of the molecule is CCCCC(CCCC)C(CCCC)(NCC(C)(C)CCC)C(N)=O. The first-order chi connectivity index (χ1) is 11.8. The van der Waals surface area contributed by atoms with Crippen LogP contribution in [0.15, 0.2) is 0 Å². The van der Waals surface area contributed by atoms with Crippen molar-refractivity contribution >= 4 is 5.91 Å². The first-order valence-corrected chi connectivity index (χ1v) is 10.8. The van der Waals surface area contributed by atoms with Crippen molar-refractivity contribution in [3.63, 3.8) is 0 Å². The Morgan fingerprint density at radius 1 is 0.880 bits per heavy atom. The molecule has 25 heavy (non-hydrogen) atoms. The van der Waals surface area contributed by atoms with Gasteiger partial charge in [-0.3, -0.25) is 4.79 Å². The van der Waals surface area contributed by atoms with E-state index in [1.165, 1.54) is 32.1 Å². The van der Waals surface area contributed by atoms with Crippen LogP contribution in [-0.4, -0.2) is 18.0 Å². The Balaban J connectivity index is 5.50. The fraction of sp³-hybridized carbons (Fsp3) is 0.955. The lowest BCUT2D eigenvalue weighted by Gasteiger charge is -2.42. The van der Waals surface area contributed by atoms with E-state index in [1.807, 2.05) is 0 Å². The maximum atomic E-state index is 12.7. The number of rotatable bonds is 16. The van der Waals surface area contributed by atoms with Crippen molar-refractivity contribution in [2.24, 2.45) is 17.1 Å². The second-order valence-corrected chi connectivity index (χ2v) is 8.69. The molecule has 1 amide bonds. The predicted octanol–water partition coefficient (Wildman–Crippen LogP) is 5.81. The largest absolute Gasteiger partial charge is 0.368 e. The lowest BCUT2D eigenvalue weighted by molar-refractivity contribution is -0.128. The van der Waals surface area contributed by atoms with Gasteiger partial charge in [-0.1, -0.05) is 86.5 Å². The Bertz CT molecular complexity index is 346. The Morgan fingerprint density at radius 2 is 1.40 bits per heavy atom. The fourth-order valence-electron chi connectivity index (χ4n) is 4.00. The number of carbonyl (C=O) groups excluding carboxylic acids is 1. The van der Waals surface area contributed by atoms with Gasteiger partial charge in [-0.15, -0.1) is 0 Å². The van der Waals surface area contributed by atoms with Gasteiger partial charge in [-0.05, 0) is 37.0 Å². The molecule has 0 fully saturated rings. The van der Waals surface area contributed by atoms with Crippen LogP contribution in [0.4, 0.5) is 0 Å². The summed E-state index contributed by atoms with van der Waals surface area (Å²) in [6, 6.07) is 0. The van der Waals surface area contributed by atoms with Crippen LogP contribution in [0.3, 0.4) is 0 Å². The number of carbonyl (C=O) groups is 1. The number of hydrogen-bond acceptors (Lipinski definition) is 2. The summed E-state index contributed by atoms with van der Waals surface area (Å²) in [5, 5.41) is 3.74. The smallest absolute Gasteiger partial charge is 0.238 e. The van der Waals surface area contributed by atoms with Gasteiger partial charge in [0.05, 0.1) is 0 Å². The van der Waals surface area contributed by atoms with Gasteiger partial charge in [0.25, 0.3) is 0 Å². The lowest BCUT2D eigenvalue weighted by atomic mass is 9.73. The van der Waals surface area contributed by atoms with Crippen molar-refractivity contribution in [3.8, 4) is 0 Å². The van der Waals surface area contributed by atoms with Crippen LogP contribution < -0.4 is 11.1 Å². The maximum Gasteiger partial charge on any atom is 0.238 e. The molecule has 0 rings (SSSR count). The summed E-state index contributed by atoms with van der Waals surface area (Å²) >= 11 is 0. The normalized spacial score (nSPS) is 14.7. The molecular weight excluding hydrogens is 308 g/mol. The Hall–Kier alpha value is -0.570. The summed E-state index contributed by atoms with van der Waals surface area (Å²) in [5.41, 5.74) is 5.72. The zero-order valence-electron chi connectivity index (χ0n) is 18.0. The minimum Gasteiger partial charge on any atom is -0.368 e. The van der Waals surface area contributed by atoms with Crippen LogP contribution in [-0.2, 0) is 4.79 Å². The topological polar surface area (TPSA) is 55.1 Å². The molecule has 3 N–H and O–H groups in total. The summed E-state index contributed by atoms with van der Waals surface area (Å²) in [5.74, 6) is 0.222. The van der Waals surface area contributed by atoms with Crippen molar-refractivity contribution in [2.75, 3.05) is 6.54 Å². The van der Waals surface area contributed by atoms with Gasteiger partial charge in [0.1, 0.15) is 5.54 Å². The molecule has 0 spiro atoms. The fourth-order valence-corrected chi connectivity index (χ4v) is 4.00.